The Kier molecular flexibility index (Phi) is 6.31. The molecule has 19 heavy (non-hydrogen) atoms. The minimum Gasteiger partial charge on any atom is -0.466 e. The second kappa shape index (κ2) is 8.04. The number of nitriles is 1. The molecule has 0 atom stereocenters. The smallest absolute Gasteiger partial charge is 0.305 e. The molecule has 0 heterocycles. The lowest BCUT2D eigenvalue weighted by Crippen LogP contribution is -2.04. The van der Waals surface area contributed by atoms with Crippen LogP contribution in [0.25, 0.3) is 0 Å². The number of ketones is 1. The molecule has 0 aliphatic rings. The number of ether oxygens (including phenoxy) is 1. The van der Waals surface area contributed by atoms with E-state index in [0.29, 0.717) is 43.4 Å². The third-order valence-electron chi connectivity index (χ3n) is 2.65. The van der Waals surface area contributed by atoms with Gasteiger partial charge in [-0.1, -0.05) is 12.1 Å². The van der Waals surface area contributed by atoms with Crippen molar-refractivity contribution < 1.29 is 14.3 Å². The zero-order valence-corrected chi connectivity index (χ0v) is 11.0. The van der Waals surface area contributed by atoms with E-state index in [1.807, 2.05) is 6.07 Å². The summed E-state index contributed by atoms with van der Waals surface area (Å²) in [6.45, 7) is 2.16. The fourth-order valence-electron chi connectivity index (χ4n) is 1.69. The number of Topliss-reactive ketones (excluding diaryl/α,β-unsaturated/α-hetero) is 1. The van der Waals surface area contributed by atoms with E-state index in [0.717, 1.165) is 0 Å². The van der Waals surface area contributed by atoms with Crippen LogP contribution in [0.15, 0.2) is 24.3 Å². The van der Waals surface area contributed by atoms with Crippen molar-refractivity contribution in [3.63, 3.8) is 0 Å². The molecule has 0 saturated carbocycles. The first kappa shape index (κ1) is 14.9. The van der Waals surface area contributed by atoms with E-state index in [9.17, 15) is 9.59 Å². The van der Waals surface area contributed by atoms with Gasteiger partial charge in [0.05, 0.1) is 18.2 Å². The van der Waals surface area contributed by atoms with Crippen LogP contribution >= 0.6 is 0 Å². The summed E-state index contributed by atoms with van der Waals surface area (Å²) in [5.74, 6) is -0.220. The molecule has 4 heteroatoms. The van der Waals surface area contributed by atoms with Crippen LogP contribution in [0.3, 0.4) is 0 Å². The average Bonchev–Trinajstić information content (AvgIpc) is 2.43. The lowest BCUT2D eigenvalue weighted by Gasteiger charge is -2.02. The molecule has 0 aromatic heterocycles. The van der Waals surface area contributed by atoms with E-state index < -0.39 is 0 Å². The number of esters is 1. The van der Waals surface area contributed by atoms with Gasteiger partial charge in [-0.25, -0.2) is 0 Å². The maximum atomic E-state index is 11.9. The first-order valence-electron chi connectivity index (χ1n) is 6.36. The zero-order chi connectivity index (χ0) is 14.1. The molecule has 1 aromatic rings. The van der Waals surface area contributed by atoms with Gasteiger partial charge >= 0.3 is 5.97 Å². The Morgan fingerprint density at radius 3 is 2.68 bits per heavy atom. The highest BCUT2D eigenvalue weighted by atomic mass is 16.5. The quantitative estimate of drug-likeness (QED) is 0.429. The van der Waals surface area contributed by atoms with Gasteiger partial charge in [0, 0.05) is 18.4 Å². The Morgan fingerprint density at radius 1 is 1.26 bits per heavy atom. The topological polar surface area (TPSA) is 67.2 Å². The van der Waals surface area contributed by atoms with Gasteiger partial charge in [0.1, 0.15) is 0 Å². The molecule has 0 unspecified atom stereocenters. The predicted molar refractivity (Wildman–Crippen MR) is 70.6 cm³/mol. The number of unbranched alkanes of at least 4 members (excludes halogenated alkanes) is 1. The van der Waals surface area contributed by atoms with Crippen LogP contribution in [0.2, 0.25) is 0 Å². The van der Waals surface area contributed by atoms with Crippen molar-refractivity contribution in [3.05, 3.63) is 35.4 Å². The van der Waals surface area contributed by atoms with Gasteiger partial charge in [-0.3, -0.25) is 9.59 Å². The highest BCUT2D eigenvalue weighted by molar-refractivity contribution is 5.96. The SMILES string of the molecule is CCOC(=O)CCCCC(=O)c1cccc(C#N)c1. The number of rotatable bonds is 7. The van der Waals surface area contributed by atoms with Crippen LogP contribution in [-0.2, 0) is 9.53 Å². The average molecular weight is 259 g/mol. The molecule has 0 amide bonds. The van der Waals surface area contributed by atoms with Gasteiger partial charge in [0.2, 0.25) is 0 Å². The number of nitrogens with zero attached hydrogens (tertiary/aromatic N) is 1. The number of carbonyl (C=O) groups is 2. The molecular weight excluding hydrogens is 242 g/mol. The normalized spacial score (nSPS) is 9.68. The summed E-state index contributed by atoms with van der Waals surface area (Å²) < 4.78 is 4.80. The molecule has 1 rings (SSSR count). The molecule has 4 nitrogen and oxygen atoms in total. The standard InChI is InChI=1S/C15H17NO3/c1-2-19-15(18)9-4-3-8-14(17)13-7-5-6-12(10-13)11-16/h5-7,10H,2-4,8-9H2,1H3. The third kappa shape index (κ3) is 5.35. The van der Waals surface area contributed by atoms with Crippen molar-refractivity contribution in [2.24, 2.45) is 0 Å². The maximum Gasteiger partial charge on any atom is 0.305 e. The van der Waals surface area contributed by atoms with E-state index in [4.69, 9.17) is 10.00 Å². The second-order valence-electron chi connectivity index (χ2n) is 4.13. The third-order valence-corrected chi connectivity index (χ3v) is 2.65. The van der Waals surface area contributed by atoms with Gasteiger partial charge < -0.3 is 4.74 Å². The molecule has 0 saturated heterocycles. The van der Waals surface area contributed by atoms with Crippen molar-refractivity contribution in [3.8, 4) is 6.07 Å². The molecule has 0 fully saturated rings. The summed E-state index contributed by atoms with van der Waals surface area (Å²) in [6.07, 6.45) is 2.02. The zero-order valence-electron chi connectivity index (χ0n) is 11.0. The number of benzene rings is 1. The molecule has 100 valence electrons. The van der Waals surface area contributed by atoms with Crippen LogP contribution in [0.5, 0.6) is 0 Å². The summed E-state index contributed by atoms with van der Waals surface area (Å²) in [6, 6.07) is 8.66. The Balaban J connectivity index is 2.35. The lowest BCUT2D eigenvalue weighted by atomic mass is 10.0. The van der Waals surface area contributed by atoms with E-state index in [1.54, 1.807) is 31.2 Å². The highest BCUT2D eigenvalue weighted by Crippen LogP contribution is 2.10. The Bertz CT molecular complexity index is 488. The second-order valence-corrected chi connectivity index (χ2v) is 4.13. The molecule has 0 spiro atoms. The van der Waals surface area contributed by atoms with Crippen molar-refractivity contribution >= 4 is 11.8 Å². The number of hydrogen-bond acceptors (Lipinski definition) is 4. The van der Waals surface area contributed by atoms with Crippen molar-refractivity contribution in [1.29, 1.82) is 5.26 Å². The van der Waals surface area contributed by atoms with Gasteiger partial charge in [-0.05, 0) is 31.9 Å². The number of carbonyl (C=O) groups excluding carboxylic acids is 2. The van der Waals surface area contributed by atoms with Crippen molar-refractivity contribution in [2.75, 3.05) is 6.61 Å². The molecule has 1 aromatic carbocycles. The molecule has 0 aliphatic heterocycles. The summed E-state index contributed by atoms with van der Waals surface area (Å²) >= 11 is 0. The van der Waals surface area contributed by atoms with Crippen LogP contribution in [0.4, 0.5) is 0 Å². The molecule has 0 bridgehead atoms. The summed E-state index contributed by atoms with van der Waals surface area (Å²) in [5.41, 5.74) is 1.03. The van der Waals surface area contributed by atoms with Gasteiger partial charge in [-0.2, -0.15) is 5.26 Å². The van der Waals surface area contributed by atoms with E-state index in [2.05, 4.69) is 0 Å². The first-order valence-corrected chi connectivity index (χ1v) is 6.36. The Labute approximate surface area is 113 Å². The largest absolute Gasteiger partial charge is 0.466 e. The summed E-state index contributed by atoms with van der Waals surface area (Å²) in [7, 11) is 0. The van der Waals surface area contributed by atoms with E-state index in [1.165, 1.54) is 0 Å². The Morgan fingerprint density at radius 2 is 2.00 bits per heavy atom. The maximum absolute atomic E-state index is 11.9. The lowest BCUT2D eigenvalue weighted by molar-refractivity contribution is -0.143. The minimum absolute atomic E-state index is 0.000888. The van der Waals surface area contributed by atoms with Crippen molar-refractivity contribution in [2.45, 2.75) is 32.6 Å². The van der Waals surface area contributed by atoms with Gasteiger partial charge in [0.25, 0.3) is 0 Å². The highest BCUT2D eigenvalue weighted by Gasteiger charge is 2.07. The fourth-order valence-corrected chi connectivity index (χ4v) is 1.69. The molecular formula is C15H17NO3. The number of hydrogen-bond donors (Lipinski definition) is 0. The first-order chi connectivity index (χ1) is 9.17. The minimum atomic E-state index is -0.221. The van der Waals surface area contributed by atoms with Crippen LogP contribution in [-0.4, -0.2) is 18.4 Å². The van der Waals surface area contributed by atoms with Crippen molar-refractivity contribution in [1.82, 2.24) is 0 Å². The molecule has 0 N–H and O–H groups in total. The summed E-state index contributed by atoms with van der Waals surface area (Å²) in [5, 5.41) is 8.76. The summed E-state index contributed by atoms with van der Waals surface area (Å²) in [4.78, 5) is 23.0. The van der Waals surface area contributed by atoms with Crippen LogP contribution in [0.1, 0.15) is 48.5 Å². The Hall–Kier alpha value is -2.15. The van der Waals surface area contributed by atoms with Gasteiger partial charge in [0.15, 0.2) is 5.78 Å². The van der Waals surface area contributed by atoms with E-state index >= 15 is 0 Å². The molecule has 0 aliphatic carbocycles. The van der Waals surface area contributed by atoms with Crippen LogP contribution in [0, 0.1) is 11.3 Å². The predicted octanol–water partition coefficient (Wildman–Crippen LogP) is 2.86. The van der Waals surface area contributed by atoms with Crippen LogP contribution < -0.4 is 0 Å². The fraction of sp³-hybridized carbons (Fsp3) is 0.400. The molecule has 0 radical (unpaired) electrons. The van der Waals surface area contributed by atoms with E-state index in [-0.39, 0.29) is 11.8 Å². The van der Waals surface area contributed by atoms with Gasteiger partial charge in [-0.15, -0.1) is 0 Å². The monoisotopic (exact) mass is 259 g/mol.